The Morgan fingerprint density at radius 2 is 1.42 bits per heavy atom. The zero-order valence-corrected chi connectivity index (χ0v) is 29.0. The van der Waals surface area contributed by atoms with Crippen molar-refractivity contribution >= 4 is 52.4 Å². The van der Waals surface area contributed by atoms with Crippen LogP contribution in [-0.2, 0) is 28.9 Å². The van der Waals surface area contributed by atoms with Gasteiger partial charge in [-0.2, -0.15) is 0 Å². The lowest BCUT2D eigenvalue weighted by Gasteiger charge is -2.36. The summed E-state index contributed by atoms with van der Waals surface area (Å²) in [5.74, 6) is -0.603. The van der Waals surface area contributed by atoms with Crippen molar-refractivity contribution in [2.75, 3.05) is 37.7 Å². The number of carboxylic acid groups (broad SMARTS) is 1. The number of phenols is 1. The molecule has 260 valence electrons. The average molecular weight is 739 g/mol. The van der Waals surface area contributed by atoms with Gasteiger partial charge in [0.15, 0.2) is 5.75 Å². The van der Waals surface area contributed by atoms with Gasteiger partial charge < -0.3 is 24.7 Å². The van der Waals surface area contributed by atoms with Gasteiger partial charge in [-0.05, 0) is 60.2 Å². The highest BCUT2D eigenvalue weighted by atomic mass is 35.5. The molecule has 0 saturated carbocycles. The van der Waals surface area contributed by atoms with Crippen LogP contribution in [0.1, 0.15) is 18.4 Å². The number of aliphatic carboxylic acids is 1. The van der Waals surface area contributed by atoms with Crippen molar-refractivity contribution in [2.24, 2.45) is 0 Å². The summed E-state index contributed by atoms with van der Waals surface area (Å²) < 4.78 is 6.11. The maximum atomic E-state index is 12.9. The first-order valence-corrected chi connectivity index (χ1v) is 16.8. The first-order valence-electron chi connectivity index (χ1n) is 15.6. The SMILES string of the molecule is O=C(Cc1ccccn1)N1CCN(c2cc(-c3cc(Cl)c(O)c(Cl)c3)nnc2OCCc2ccc(Cl)cc2)CC1.O=C(O)Cc1ccccn1.[2HH]. The van der Waals surface area contributed by atoms with Gasteiger partial charge in [-0.15, -0.1) is 10.2 Å². The normalized spacial score (nSPS) is 12.5. The molecule has 5 aromatic rings. The minimum absolute atomic E-state index is 0. The monoisotopic (exact) mass is 737 g/mol. The minimum Gasteiger partial charge on any atom is -0.505 e. The summed E-state index contributed by atoms with van der Waals surface area (Å²) in [6.07, 6.45) is 4.21. The number of aromatic nitrogens is 4. The number of aromatic hydroxyl groups is 1. The standard InChI is InChI=1S/C29H26Cl3N5O3.C7H7NO2.H2/c30-21-6-4-19(5-7-21)8-14-40-29-26(18-25(34-35-29)20-15-23(31)28(39)24(32)16-20)36-10-12-37(13-11-36)27(38)17-22-3-1-2-9-33-22;9-7(10)5-6-3-1-2-4-8-6;/h1-7,9,15-16,18,39H,8,10-14,17H2;1-4H,5H2,(H,9,10);1H/i;;1+1. The molecule has 1 aliphatic heterocycles. The average Bonchev–Trinajstić information content (AvgIpc) is 3.12. The Kier molecular flexibility index (Phi) is 12.8. The summed E-state index contributed by atoms with van der Waals surface area (Å²) in [6, 6.07) is 23.4. The van der Waals surface area contributed by atoms with Gasteiger partial charge in [0.2, 0.25) is 5.91 Å². The third-order valence-corrected chi connectivity index (χ3v) is 8.51. The number of carboxylic acids is 1. The summed E-state index contributed by atoms with van der Waals surface area (Å²) in [7, 11) is 0. The van der Waals surface area contributed by atoms with Crippen LogP contribution in [0, 0.1) is 0 Å². The van der Waals surface area contributed by atoms with E-state index in [9.17, 15) is 14.7 Å². The van der Waals surface area contributed by atoms with Gasteiger partial charge in [0.05, 0.1) is 40.9 Å². The van der Waals surface area contributed by atoms with Gasteiger partial charge in [-0.3, -0.25) is 19.6 Å². The molecule has 0 bridgehead atoms. The highest BCUT2D eigenvalue weighted by Gasteiger charge is 2.25. The van der Waals surface area contributed by atoms with Crippen LogP contribution < -0.4 is 9.64 Å². The molecule has 14 heteroatoms. The second kappa shape index (κ2) is 17.6. The number of benzene rings is 2. The number of piperazine rings is 1. The van der Waals surface area contributed by atoms with E-state index >= 15 is 0 Å². The van der Waals surface area contributed by atoms with E-state index in [2.05, 4.69) is 25.1 Å². The van der Waals surface area contributed by atoms with Crippen molar-refractivity contribution in [3.63, 3.8) is 0 Å². The van der Waals surface area contributed by atoms with E-state index in [4.69, 9.17) is 44.6 Å². The molecular formula is C36H35Cl3N6O5. The van der Waals surface area contributed by atoms with E-state index in [0.29, 0.717) is 67.1 Å². The van der Waals surface area contributed by atoms with E-state index in [1.54, 1.807) is 42.7 Å². The van der Waals surface area contributed by atoms with Crippen LogP contribution in [0.15, 0.2) is 91.3 Å². The van der Waals surface area contributed by atoms with E-state index in [0.717, 1.165) is 16.9 Å². The quantitative estimate of drug-likeness (QED) is 0.160. The van der Waals surface area contributed by atoms with E-state index in [-0.39, 0.29) is 36.0 Å². The zero-order chi connectivity index (χ0) is 35.5. The number of nitrogens with zero attached hydrogens (tertiary/aromatic N) is 6. The molecule has 6 rings (SSSR count). The molecule has 3 aromatic heterocycles. The van der Waals surface area contributed by atoms with Crippen LogP contribution in [0.25, 0.3) is 11.3 Å². The second-order valence-electron chi connectivity index (χ2n) is 11.2. The fourth-order valence-electron chi connectivity index (χ4n) is 5.09. The first kappa shape index (κ1) is 36.3. The molecule has 1 aliphatic rings. The van der Waals surface area contributed by atoms with E-state index in [1.807, 2.05) is 53.4 Å². The van der Waals surface area contributed by atoms with Crippen LogP contribution in [0.3, 0.4) is 0 Å². The molecular weight excluding hydrogens is 703 g/mol. The number of halogens is 3. The third kappa shape index (κ3) is 10.3. The smallest absolute Gasteiger partial charge is 0.309 e. The van der Waals surface area contributed by atoms with Crippen molar-refractivity contribution in [2.45, 2.75) is 19.3 Å². The molecule has 50 heavy (non-hydrogen) atoms. The summed E-state index contributed by atoms with van der Waals surface area (Å²) in [5.41, 5.74) is 4.31. The number of phenolic OH excluding ortho intramolecular Hbond substituents is 1. The number of hydrogen-bond donors (Lipinski definition) is 2. The molecule has 1 fully saturated rings. The van der Waals surface area contributed by atoms with E-state index in [1.165, 1.54) is 0 Å². The molecule has 2 aromatic carbocycles. The number of ether oxygens (including phenoxy) is 1. The lowest BCUT2D eigenvalue weighted by atomic mass is 10.1. The summed E-state index contributed by atoms with van der Waals surface area (Å²) in [6.45, 7) is 2.66. The number of hydrogen-bond acceptors (Lipinski definition) is 9. The van der Waals surface area contributed by atoms with Crippen molar-refractivity contribution in [3.8, 4) is 22.9 Å². The van der Waals surface area contributed by atoms with Gasteiger partial charge in [-0.25, -0.2) is 0 Å². The summed E-state index contributed by atoms with van der Waals surface area (Å²) in [4.78, 5) is 35.1. The molecule has 0 atom stereocenters. The number of carbonyl (C=O) groups is 2. The first-order chi connectivity index (χ1) is 24.2. The molecule has 11 nitrogen and oxygen atoms in total. The highest BCUT2D eigenvalue weighted by molar-refractivity contribution is 6.37. The molecule has 1 amide bonds. The fourth-order valence-corrected chi connectivity index (χ4v) is 5.71. The van der Waals surface area contributed by atoms with Crippen LogP contribution in [-0.4, -0.2) is 79.9 Å². The van der Waals surface area contributed by atoms with Crippen molar-refractivity contribution in [1.29, 1.82) is 0 Å². The van der Waals surface area contributed by atoms with Gasteiger partial charge in [0.1, 0.15) is 5.69 Å². The van der Waals surface area contributed by atoms with Crippen molar-refractivity contribution < 1.29 is 26.0 Å². The Morgan fingerprint density at radius 3 is 2.00 bits per heavy atom. The Labute approximate surface area is 305 Å². The number of pyridine rings is 2. The van der Waals surface area contributed by atoms with Crippen LogP contribution in [0.4, 0.5) is 5.69 Å². The zero-order valence-electron chi connectivity index (χ0n) is 26.8. The Bertz CT molecular complexity index is 1880. The molecule has 1 saturated heterocycles. The van der Waals surface area contributed by atoms with Gasteiger partial charge in [-0.1, -0.05) is 59.1 Å². The predicted molar refractivity (Wildman–Crippen MR) is 194 cm³/mol. The topological polar surface area (TPSA) is 142 Å². The third-order valence-electron chi connectivity index (χ3n) is 7.69. The molecule has 0 spiro atoms. The predicted octanol–water partition coefficient (Wildman–Crippen LogP) is 6.67. The molecule has 0 unspecified atom stereocenters. The number of anilines is 1. The minimum atomic E-state index is -0.848. The van der Waals surface area contributed by atoms with Crippen LogP contribution in [0.5, 0.6) is 11.6 Å². The molecule has 4 heterocycles. The Morgan fingerprint density at radius 1 is 0.800 bits per heavy atom. The van der Waals surface area contributed by atoms with E-state index < -0.39 is 5.97 Å². The van der Waals surface area contributed by atoms with Gasteiger partial charge >= 0.3 is 5.97 Å². The van der Waals surface area contributed by atoms with Gasteiger partial charge in [0, 0.05) is 62.7 Å². The molecule has 0 aliphatic carbocycles. The van der Waals surface area contributed by atoms with Crippen molar-refractivity contribution in [3.05, 3.63) is 123 Å². The largest absolute Gasteiger partial charge is 0.505 e. The lowest BCUT2D eigenvalue weighted by Crippen LogP contribution is -2.49. The fraction of sp³-hybridized carbons (Fsp3) is 0.222. The maximum absolute atomic E-state index is 12.9. The Hall–Kier alpha value is -4.97. The Balaban J connectivity index is 0.000000458. The number of carbonyl (C=O) groups excluding carboxylic acids is 1. The highest BCUT2D eigenvalue weighted by Crippen LogP contribution is 2.38. The molecule has 2 N–H and O–H groups in total. The lowest BCUT2D eigenvalue weighted by molar-refractivity contribution is -0.136. The second-order valence-corrected chi connectivity index (χ2v) is 12.4. The van der Waals surface area contributed by atoms with Crippen LogP contribution >= 0.6 is 34.8 Å². The van der Waals surface area contributed by atoms with Crippen molar-refractivity contribution in [1.82, 2.24) is 25.1 Å². The van der Waals surface area contributed by atoms with Crippen LogP contribution in [0.2, 0.25) is 15.1 Å². The molecule has 0 radical (unpaired) electrons. The number of rotatable bonds is 10. The summed E-state index contributed by atoms with van der Waals surface area (Å²) in [5, 5.41) is 28.0. The number of amides is 1. The summed E-state index contributed by atoms with van der Waals surface area (Å²) >= 11 is 18.3. The maximum Gasteiger partial charge on any atom is 0.309 e. The van der Waals surface area contributed by atoms with Gasteiger partial charge in [0.25, 0.3) is 5.88 Å².